The van der Waals surface area contributed by atoms with Crippen LogP contribution < -0.4 is 5.32 Å². The Labute approximate surface area is 105 Å². The predicted octanol–water partition coefficient (Wildman–Crippen LogP) is 2.30. The average molecular weight is 258 g/mol. The maximum Gasteiger partial charge on any atom is 0.324 e. The highest BCUT2D eigenvalue weighted by Crippen LogP contribution is 2.25. The molecule has 17 heavy (non-hydrogen) atoms. The fourth-order valence-corrected chi connectivity index (χ4v) is 1.82. The molecule has 0 fully saturated rings. The van der Waals surface area contributed by atoms with Crippen LogP contribution in [0.1, 0.15) is 33.3 Å². The van der Waals surface area contributed by atoms with E-state index in [2.05, 4.69) is 5.32 Å². The molecule has 0 aliphatic heterocycles. The summed E-state index contributed by atoms with van der Waals surface area (Å²) in [6.45, 7) is 7.76. The van der Waals surface area contributed by atoms with E-state index in [9.17, 15) is 15.2 Å². The quantitative estimate of drug-likeness (QED) is 0.627. The van der Waals surface area contributed by atoms with Crippen molar-refractivity contribution in [2.45, 2.75) is 45.4 Å². The number of hydrogen-bond acceptors (Lipinski definition) is 5. The van der Waals surface area contributed by atoms with Gasteiger partial charge in [-0.05, 0) is 33.3 Å². The van der Waals surface area contributed by atoms with Crippen LogP contribution in [0.5, 0.6) is 0 Å². The molecule has 96 valence electrons. The first-order valence-electron chi connectivity index (χ1n) is 5.33. The normalized spacial score (nSPS) is 12.8. The monoisotopic (exact) mass is 258 g/mol. The second-order valence-electron chi connectivity index (χ2n) is 5.09. The molecule has 0 radical (unpaired) electrons. The van der Waals surface area contributed by atoms with Gasteiger partial charge in [0, 0.05) is 23.5 Å². The highest BCUT2D eigenvalue weighted by atomic mass is 32.1. The van der Waals surface area contributed by atoms with Crippen molar-refractivity contribution in [2.75, 3.05) is 0 Å². The van der Waals surface area contributed by atoms with Gasteiger partial charge in [-0.15, -0.1) is 0 Å². The van der Waals surface area contributed by atoms with Crippen molar-refractivity contribution in [1.29, 1.82) is 0 Å². The van der Waals surface area contributed by atoms with E-state index in [1.807, 2.05) is 13.8 Å². The number of hydrogen-bond donors (Lipinski definition) is 2. The lowest BCUT2D eigenvalue weighted by Crippen LogP contribution is -2.55. The molecule has 1 rings (SSSR count). The summed E-state index contributed by atoms with van der Waals surface area (Å²) in [5, 5.41) is 25.6. The Balaban J connectivity index is 2.64. The minimum Gasteiger partial charge on any atom is -0.389 e. The van der Waals surface area contributed by atoms with Gasteiger partial charge < -0.3 is 10.4 Å². The van der Waals surface area contributed by atoms with Gasteiger partial charge in [-0.3, -0.25) is 10.1 Å². The third-order valence-electron chi connectivity index (χ3n) is 3.08. The Bertz CT molecular complexity index is 407. The summed E-state index contributed by atoms with van der Waals surface area (Å²) >= 11 is 1.11. The first kappa shape index (κ1) is 14.1. The zero-order chi connectivity index (χ0) is 13.3. The van der Waals surface area contributed by atoms with E-state index >= 15 is 0 Å². The second kappa shape index (κ2) is 4.72. The van der Waals surface area contributed by atoms with Crippen LogP contribution in [0, 0.1) is 10.1 Å². The molecule has 0 amide bonds. The molecule has 0 aromatic carbocycles. The summed E-state index contributed by atoms with van der Waals surface area (Å²) in [5.74, 6) is 0. The van der Waals surface area contributed by atoms with E-state index in [1.54, 1.807) is 25.3 Å². The van der Waals surface area contributed by atoms with Crippen LogP contribution in [0.15, 0.2) is 11.4 Å². The van der Waals surface area contributed by atoms with Crippen molar-refractivity contribution in [1.82, 2.24) is 5.32 Å². The predicted molar refractivity (Wildman–Crippen MR) is 68.2 cm³/mol. The summed E-state index contributed by atoms with van der Waals surface area (Å²) < 4.78 is 0. The molecule has 0 bridgehead atoms. The molecule has 0 saturated heterocycles. The van der Waals surface area contributed by atoms with Gasteiger partial charge >= 0.3 is 5.00 Å². The summed E-state index contributed by atoms with van der Waals surface area (Å²) in [5.41, 5.74) is -0.474. The third kappa shape index (κ3) is 3.49. The lowest BCUT2D eigenvalue weighted by Gasteiger charge is -2.38. The fourth-order valence-electron chi connectivity index (χ4n) is 1.09. The van der Waals surface area contributed by atoms with E-state index in [4.69, 9.17) is 0 Å². The van der Waals surface area contributed by atoms with Crippen LogP contribution in [-0.4, -0.2) is 21.2 Å². The highest BCUT2D eigenvalue weighted by Gasteiger charge is 2.34. The van der Waals surface area contributed by atoms with Gasteiger partial charge in [-0.1, -0.05) is 11.3 Å². The summed E-state index contributed by atoms with van der Waals surface area (Å²) in [4.78, 5) is 10.1. The van der Waals surface area contributed by atoms with E-state index in [0.717, 1.165) is 16.9 Å². The average Bonchev–Trinajstić information content (AvgIpc) is 2.61. The maximum absolute atomic E-state index is 10.5. The molecule has 1 aromatic rings. The molecule has 2 N–H and O–H groups in total. The standard InChI is InChI=1S/C11H18N2O3S/c1-10(2,11(3,4)14)12-6-8-5-9(13(15)16)17-7-8/h5,7,12,14H,6H2,1-4H3. The minimum atomic E-state index is -0.866. The molecule has 0 saturated carbocycles. The topological polar surface area (TPSA) is 75.4 Å². The van der Waals surface area contributed by atoms with Crippen molar-refractivity contribution in [3.05, 3.63) is 27.1 Å². The Hall–Kier alpha value is -0.980. The molecule has 0 spiro atoms. The van der Waals surface area contributed by atoms with Gasteiger partial charge in [0.05, 0.1) is 10.5 Å². The zero-order valence-corrected chi connectivity index (χ0v) is 11.3. The summed E-state index contributed by atoms with van der Waals surface area (Å²) in [7, 11) is 0. The SMILES string of the molecule is CC(C)(O)C(C)(C)NCc1csc([N+](=O)[O-])c1. The lowest BCUT2D eigenvalue weighted by molar-refractivity contribution is -0.380. The van der Waals surface area contributed by atoms with Gasteiger partial charge in [-0.25, -0.2) is 0 Å². The number of rotatable bonds is 5. The minimum absolute atomic E-state index is 0.142. The lowest BCUT2D eigenvalue weighted by atomic mass is 9.86. The molecule has 0 aliphatic rings. The molecule has 5 nitrogen and oxygen atoms in total. The van der Waals surface area contributed by atoms with Crippen LogP contribution in [0.2, 0.25) is 0 Å². The first-order chi connectivity index (χ1) is 7.63. The largest absolute Gasteiger partial charge is 0.389 e. The number of nitrogens with one attached hydrogen (secondary N) is 1. The zero-order valence-electron chi connectivity index (χ0n) is 10.5. The molecule has 0 aliphatic carbocycles. The van der Waals surface area contributed by atoms with Crippen molar-refractivity contribution in [2.24, 2.45) is 0 Å². The van der Waals surface area contributed by atoms with E-state index in [0.29, 0.717) is 6.54 Å². The molecular weight excluding hydrogens is 240 g/mol. The first-order valence-corrected chi connectivity index (χ1v) is 6.20. The molecule has 0 unspecified atom stereocenters. The van der Waals surface area contributed by atoms with E-state index in [-0.39, 0.29) is 5.00 Å². The number of thiophene rings is 1. The third-order valence-corrected chi connectivity index (χ3v) is 4.01. The number of nitrogens with zero attached hydrogens (tertiary/aromatic N) is 1. The molecule has 6 heteroatoms. The fraction of sp³-hybridized carbons (Fsp3) is 0.636. The van der Waals surface area contributed by atoms with Gasteiger partial charge in [-0.2, -0.15) is 0 Å². The molecule has 0 atom stereocenters. The smallest absolute Gasteiger partial charge is 0.324 e. The Morgan fingerprint density at radius 3 is 2.47 bits per heavy atom. The van der Waals surface area contributed by atoms with Gasteiger partial charge in [0.25, 0.3) is 0 Å². The van der Waals surface area contributed by atoms with Crippen LogP contribution in [-0.2, 0) is 6.54 Å². The van der Waals surface area contributed by atoms with Gasteiger partial charge in [0.2, 0.25) is 0 Å². The van der Waals surface area contributed by atoms with Crippen LogP contribution >= 0.6 is 11.3 Å². The van der Waals surface area contributed by atoms with E-state index in [1.165, 1.54) is 0 Å². The van der Waals surface area contributed by atoms with Gasteiger partial charge in [0.15, 0.2) is 0 Å². The molecule has 1 aromatic heterocycles. The van der Waals surface area contributed by atoms with Crippen molar-refractivity contribution in [3.63, 3.8) is 0 Å². The van der Waals surface area contributed by atoms with E-state index < -0.39 is 16.1 Å². The Morgan fingerprint density at radius 1 is 1.47 bits per heavy atom. The Kier molecular flexibility index (Phi) is 3.91. The van der Waals surface area contributed by atoms with Crippen LogP contribution in [0.3, 0.4) is 0 Å². The molecular formula is C11H18N2O3S. The van der Waals surface area contributed by atoms with Crippen molar-refractivity contribution < 1.29 is 10.0 Å². The van der Waals surface area contributed by atoms with Crippen LogP contribution in [0.25, 0.3) is 0 Å². The maximum atomic E-state index is 10.5. The number of nitro groups is 1. The molecule has 1 heterocycles. The van der Waals surface area contributed by atoms with Crippen LogP contribution in [0.4, 0.5) is 5.00 Å². The van der Waals surface area contributed by atoms with Crippen molar-refractivity contribution in [3.8, 4) is 0 Å². The summed E-state index contributed by atoms with van der Waals surface area (Å²) in [6.07, 6.45) is 0. The Morgan fingerprint density at radius 2 is 2.06 bits per heavy atom. The van der Waals surface area contributed by atoms with Gasteiger partial charge in [0.1, 0.15) is 0 Å². The summed E-state index contributed by atoms with van der Waals surface area (Å²) in [6, 6.07) is 1.55. The number of aliphatic hydroxyl groups is 1. The highest BCUT2D eigenvalue weighted by molar-refractivity contribution is 7.13. The van der Waals surface area contributed by atoms with Crippen molar-refractivity contribution >= 4 is 16.3 Å². The second-order valence-corrected chi connectivity index (χ2v) is 5.98.